The van der Waals surface area contributed by atoms with Gasteiger partial charge in [0.25, 0.3) is 5.91 Å². The van der Waals surface area contributed by atoms with E-state index in [-0.39, 0.29) is 22.8 Å². The Morgan fingerprint density at radius 1 is 1.08 bits per heavy atom. The highest BCUT2D eigenvalue weighted by Crippen LogP contribution is 2.23. The second-order valence-corrected chi connectivity index (χ2v) is 6.53. The van der Waals surface area contributed by atoms with Crippen molar-refractivity contribution >= 4 is 46.5 Å². The number of halogens is 3. The zero-order chi connectivity index (χ0) is 18.0. The molecule has 5 nitrogen and oxygen atoms in total. The maximum absolute atomic E-state index is 13.0. The Balaban J connectivity index is 1.98. The zero-order valence-electron chi connectivity index (χ0n) is 13.0. The van der Waals surface area contributed by atoms with Crippen molar-refractivity contribution in [2.24, 2.45) is 0 Å². The lowest BCUT2D eigenvalue weighted by Gasteiger charge is -2.20. The number of pyridine rings is 1. The lowest BCUT2D eigenvalue weighted by Crippen LogP contribution is -2.30. The van der Waals surface area contributed by atoms with Crippen LogP contribution >= 0.6 is 34.8 Å². The summed E-state index contributed by atoms with van der Waals surface area (Å²) in [6, 6.07) is 11.8. The van der Waals surface area contributed by atoms with Crippen LogP contribution in [0.2, 0.25) is 15.3 Å². The molecule has 2 heterocycles. The van der Waals surface area contributed by atoms with E-state index in [1.54, 1.807) is 25.1 Å². The number of nitrogens with zero attached hydrogens (tertiary/aromatic N) is 3. The molecule has 0 N–H and O–H groups in total. The topological polar surface area (TPSA) is 59.2 Å². The third-order valence-corrected chi connectivity index (χ3v) is 4.04. The Hall–Kier alpha value is -2.08. The van der Waals surface area contributed by atoms with E-state index in [1.807, 2.05) is 12.1 Å². The minimum Gasteiger partial charge on any atom is -0.360 e. The summed E-state index contributed by atoms with van der Waals surface area (Å²) in [4.78, 5) is 18.3. The molecule has 0 unspecified atom stereocenters. The lowest BCUT2D eigenvalue weighted by molar-refractivity contribution is 0.0983. The average molecular weight is 397 g/mol. The maximum atomic E-state index is 13.0. The fourth-order valence-corrected chi connectivity index (χ4v) is 2.84. The van der Waals surface area contributed by atoms with Crippen LogP contribution in [0.3, 0.4) is 0 Å². The van der Waals surface area contributed by atoms with Crippen molar-refractivity contribution < 1.29 is 9.32 Å². The van der Waals surface area contributed by atoms with Crippen molar-refractivity contribution in [3.63, 3.8) is 0 Å². The van der Waals surface area contributed by atoms with Gasteiger partial charge in [-0.25, -0.2) is 4.98 Å². The molecule has 0 saturated heterocycles. The molecule has 1 amide bonds. The molecule has 0 fully saturated rings. The summed E-state index contributed by atoms with van der Waals surface area (Å²) in [6.07, 6.45) is 0. The molecule has 0 radical (unpaired) electrons. The Kier molecular flexibility index (Phi) is 5.27. The molecule has 1 aromatic carbocycles. The molecule has 2 aromatic heterocycles. The summed E-state index contributed by atoms with van der Waals surface area (Å²) < 4.78 is 5.11. The van der Waals surface area contributed by atoms with Crippen LogP contribution in [0.25, 0.3) is 0 Å². The Morgan fingerprint density at radius 2 is 1.72 bits per heavy atom. The van der Waals surface area contributed by atoms with E-state index in [9.17, 15) is 4.79 Å². The predicted octanol–water partition coefficient (Wildman–Crippen LogP) is 5.19. The monoisotopic (exact) mass is 395 g/mol. The van der Waals surface area contributed by atoms with Crippen molar-refractivity contribution in [3.8, 4) is 0 Å². The van der Waals surface area contributed by atoms with Crippen LogP contribution in [0.1, 0.15) is 21.7 Å². The molecule has 3 aromatic rings. The summed E-state index contributed by atoms with van der Waals surface area (Å²) in [5, 5.41) is 4.84. The molecular weight excluding hydrogens is 385 g/mol. The van der Waals surface area contributed by atoms with E-state index in [2.05, 4.69) is 10.1 Å². The lowest BCUT2D eigenvalue weighted by atomic mass is 10.1. The number of benzene rings is 1. The third-order valence-electron chi connectivity index (χ3n) is 3.40. The quantitative estimate of drug-likeness (QED) is 0.570. The van der Waals surface area contributed by atoms with Gasteiger partial charge in [-0.3, -0.25) is 9.69 Å². The smallest absolute Gasteiger partial charge is 0.260 e. The summed E-state index contributed by atoms with van der Waals surface area (Å²) in [6.45, 7) is 2.03. The van der Waals surface area contributed by atoms with Crippen LogP contribution in [0.4, 0.5) is 5.82 Å². The molecular formula is C17H12Cl3N3O2. The van der Waals surface area contributed by atoms with Crippen LogP contribution in [-0.2, 0) is 6.54 Å². The first-order chi connectivity index (χ1) is 11.9. The number of aryl methyl sites for hydroxylation is 1. The van der Waals surface area contributed by atoms with Crippen molar-refractivity contribution in [2.75, 3.05) is 4.90 Å². The number of hydrogen-bond acceptors (Lipinski definition) is 4. The van der Waals surface area contributed by atoms with Crippen LogP contribution in [-0.4, -0.2) is 16.0 Å². The molecule has 128 valence electrons. The highest BCUT2D eigenvalue weighted by Gasteiger charge is 2.22. The van der Waals surface area contributed by atoms with Crippen molar-refractivity contribution in [3.05, 3.63) is 74.7 Å². The van der Waals surface area contributed by atoms with Gasteiger partial charge in [-0.05, 0) is 36.8 Å². The largest absolute Gasteiger partial charge is 0.360 e. The number of carbonyl (C=O) groups excluding carboxylic acids is 1. The normalized spacial score (nSPS) is 10.7. The first-order valence-electron chi connectivity index (χ1n) is 7.25. The van der Waals surface area contributed by atoms with Gasteiger partial charge in [0.05, 0.1) is 6.54 Å². The second-order valence-electron chi connectivity index (χ2n) is 5.31. The number of rotatable bonds is 4. The van der Waals surface area contributed by atoms with Gasteiger partial charge in [-0.2, -0.15) is 0 Å². The fraction of sp³-hybridized carbons (Fsp3) is 0.118. The van der Waals surface area contributed by atoms with Gasteiger partial charge in [0.2, 0.25) is 0 Å². The van der Waals surface area contributed by atoms with E-state index < -0.39 is 0 Å². The van der Waals surface area contributed by atoms with Gasteiger partial charge < -0.3 is 4.52 Å². The summed E-state index contributed by atoms with van der Waals surface area (Å²) in [7, 11) is 0. The minimum absolute atomic E-state index is 0.138. The molecule has 0 spiro atoms. The Morgan fingerprint density at radius 3 is 2.28 bits per heavy atom. The van der Waals surface area contributed by atoms with Gasteiger partial charge >= 0.3 is 0 Å². The van der Waals surface area contributed by atoms with E-state index in [0.717, 1.165) is 5.56 Å². The molecule has 0 bridgehead atoms. The number of amides is 1. The average Bonchev–Trinajstić information content (AvgIpc) is 2.99. The zero-order valence-corrected chi connectivity index (χ0v) is 15.3. The Labute approximate surface area is 159 Å². The van der Waals surface area contributed by atoms with Crippen molar-refractivity contribution in [1.82, 2.24) is 10.1 Å². The number of anilines is 1. The number of aromatic nitrogens is 2. The van der Waals surface area contributed by atoms with Gasteiger partial charge in [0.1, 0.15) is 16.1 Å². The van der Waals surface area contributed by atoms with Crippen LogP contribution in [0.5, 0.6) is 0 Å². The van der Waals surface area contributed by atoms with Gasteiger partial charge in [0.15, 0.2) is 5.82 Å². The van der Waals surface area contributed by atoms with Crippen LogP contribution in [0.15, 0.2) is 47.0 Å². The molecule has 0 aliphatic rings. The SMILES string of the molecule is Cc1cc(N(Cc2ccc(Cl)cc2)C(=O)c2cc(Cl)nc(Cl)c2)no1. The third kappa shape index (κ3) is 4.31. The van der Waals surface area contributed by atoms with Gasteiger partial charge in [0, 0.05) is 16.7 Å². The second kappa shape index (κ2) is 7.44. The first kappa shape index (κ1) is 17.7. The maximum Gasteiger partial charge on any atom is 0.260 e. The van der Waals surface area contributed by atoms with Gasteiger partial charge in [-0.1, -0.05) is 52.1 Å². The van der Waals surface area contributed by atoms with Crippen molar-refractivity contribution in [2.45, 2.75) is 13.5 Å². The van der Waals surface area contributed by atoms with Crippen molar-refractivity contribution in [1.29, 1.82) is 0 Å². The van der Waals surface area contributed by atoms with Gasteiger partial charge in [-0.15, -0.1) is 0 Å². The molecule has 0 aliphatic carbocycles. The van der Waals surface area contributed by atoms with E-state index in [0.29, 0.717) is 22.2 Å². The fourth-order valence-electron chi connectivity index (χ4n) is 2.25. The van der Waals surface area contributed by atoms with Crippen LogP contribution in [0, 0.1) is 6.92 Å². The van der Waals surface area contributed by atoms with E-state index in [4.69, 9.17) is 39.3 Å². The predicted molar refractivity (Wildman–Crippen MR) is 97.5 cm³/mol. The van der Waals surface area contributed by atoms with E-state index in [1.165, 1.54) is 17.0 Å². The summed E-state index contributed by atoms with van der Waals surface area (Å²) in [5.74, 6) is 0.658. The number of hydrogen-bond donors (Lipinski definition) is 0. The highest BCUT2D eigenvalue weighted by atomic mass is 35.5. The first-order valence-corrected chi connectivity index (χ1v) is 8.38. The summed E-state index contributed by atoms with van der Waals surface area (Å²) in [5.41, 5.74) is 1.18. The minimum atomic E-state index is -0.325. The molecule has 0 saturated carbocycles. The van der Waals surface area contributed by atoms with E-state index >= 15 is 0 Å². The standard InChI is InChI=1S/C17H12Cl3N3O2/c1-10-6-16(22-25-10)23(9-11-2-4-13(18)5-3-11)17(24)12-7-14(19)21-15(20)8-12/h2-8H,9H2,1H3. The molecule has 25 heavy (non-hydrogen) atoms. The molecule has 8 heteroatoms. The number of carbonyl (C=O) groups is 1. The highest BCUT2D eigenvalue weighted by molar-refractivity contribution is 6.33. The molecule has 0 aliphatic heterocycles. The molecule has 3 rings (SSSR count). The summed E-state index contributed by atoms with van der Waals surface area (Å²) >= 11 is 17.7. The molecule has 0 atom stereocenters. The Bertz CT molecular complexity index is 890. The van der Waals surface area contributed by atoms with Crippen LogP contribution < -0.4 is 4.90 Å².